The van der Waals surface area contributed by atoms with Crippen molar-refractivity contribution in [1.82, 2.24) is 5.32 Å². The van der Waals surface area contributed by atoms with Gasteiger partial charge in [-0.3, -0.25) is 15.4 Å². The average molecular weight is 270 g/mol. The highest BCUT2D eigenvalue weighted by molar-refractivity contribution is 7.80. The minimum Gasteiger partial charge on any atom is -0.453 e. The number of nitrogens with zero attached hydrogens (tertiary/aromatic N) is 1. The number of thiocarbonyl (C=S) groups is 1. The normalized spacial score (nSPS) is 9.39. The van der Waals surface area contributed by atoms with Crippen molar-refractivity contribution in [3.63, 3.8) is 0 Å². The van der Waals surface area contributed by atoms with Gasteiger partial charge in [-0.2, -0.15) is 0 Å². The predicted octanol–water partition coefficient (Wildman–Crippen LogP) is 1.23. The molecule has 1 amide bonds. The van der Waals surface area contributed by atoms with Gasteiger partial charge in [-0.25, -0.2) is 4.79 Å². The first kappa shape index (κ1) is 13.6. The van der Waals surface area contributed by atoms with E-state index in [0.29, 0.717) is 0 Å². The van der Waals surface area contributed by atoms with Crippen LogP contribution in [0.1, 0.15) is 0 Å². The van der Waals surface area contributed by atoms with Crippen LogP contribution in [0.4, 0.5) is 21.9 Å². The molecule has 0 bridgehead atoms. The Morgan fingerprint density at radius 3 is 2.78 bits per heavy atom. The van der Waals surface area contributed by atoms with E-state index in [0.717, 1.165) is 0 Å². The Hall–Kier alpha value is -2.42. The Morgan fingerprint density at radius 1 is 1.56 bits per heavy atom. The second-order valence-corrected chi connectivity index (χ2v) is 3.51. The largest absolute Gasteiger partial charge is 0.453 e. The van der Waals surface area contributed by atoms with E-state index in [4.69, 9.17) is 18.0 Å². The number of carbonyl (C=O) groups excluding carboxylic acids is 1. The zero-order valence-electron chi connectivity index (χ0n) is 9.30. The monoisotopic (exact) mass is 270 g/mol. The molecule has 8 nitrogen and oxygen atoms in total. The summed E-state index contributed by atoms with van der Waals surface area (Å²) in [6, 6.07) is 3.83. The van der Waals surface area contributed by atoms with Gasteiger partial charge in [-0.1, -0.05) is 0 Å². The van der Waals surface area contributed by atoms with E-state index in [1.807, 2.05) is 0 Å². The lowest BCUT2D eigenvalue weighted by molar-refractivity contribution is -0.384. The van der Waals surface area contributed by atoms with Crippen LogP contribution in [0.5, 0.6) is 0 Å². The van der Waals surface area contributed by atoms with Gasteiger partial charge in [0.25, 0.3) is 5.69 Å². The molecule has 0 spiro atoms. The highest BCUT2D eigenvalue weighted by Gasteiger charge is 2.11. The molecule has 0 atom stereocenters. The summed E-state index contributed by atoms with van der Waals surface area (Å²) in [5.41, 5.74) is 5.95. The number of rotatable bonds is 2. The molecule has 0 aliphatic carbocycles. The molecule has 0 unspecified atom stereocenters. The lowest BCUT2D eigenvalue weighted by Gasteiger charge is -2.10. The standard InChI is InChI=1S/C9H10N4O4S/c1-17-9(14)12-8(18)11-7-4-5(13(15)16)2-3-6(7)10/h2-4H,10H2,1H3,(H2,11,12,14,18). The first-order valence-corrected chi connectivity index (χ1v) is 5.04. The lowest BCUT2D eigenvalue weighted by Crippen LogP contribution is -2.34. The number of methoxy groups -OCH3 is 1. The average Bonchev–Trinajstić information content (AvgIpc) is 2.31. The zero-order valence-corrected chi connectivity index (χ0v) is 10.1. The second kappa shape index (κ2) is 5.77. The summed E-state index contributed by atoms with van der Waals surface area (Å²) in [7, 11) is 1.18. The smallest absolute Gasteiger partial charge is 0.413 e. The van der Waals surface area contributed by atoms with Crippen LogP contribution in [0.15, 0.2) is 18.2 Å². The van der Waals surface area contributed by atoms with Crippen LogP contribution in [-0.2, 0) is 4.74 Å². The van der Waals surface area contributed by atoms with E-state index in [2.05, 4.69) is 15.4 Å². The molecule has 0 radical (unpaired) electrons. The highest BCUT2D eigenvalue weighted by atomic mass is 32.1. The summed E-state index contributed by atoms with van der Waals surface area (Å²) in [5, 5.41) is 15.3. The van der Waals surface area contributed by atoms with Gasteiger partial charge in [-0.15, -0.1) is 0 Å². The van der Waals surface area contributed by atoms with Gasteiger partial charge < -0.3 is 15.8 Å². The molecule has 9 heteroatoms. The van der Waals surface area contributed by atoms with Crippen molar-refractivity contribution < 1.29 is 14.5 Å². The number of benzene rings is 1. The van der Waals surface area contributed by atoms with Gasteiger partial charge in [0.15, 0.2) is 5.11 Å². The summed E-state index contributed by atoms with van der Waals surface area (Å²) in [5.74, 6) is 0. The molecular weight excluding hydrogens is 260 g/mol. The number of non-ortho nitro benzene ring substituents is 1. The fourth-order valence-corrected chi connectivity index (χ4v) is 1.26. The molecule has 18 heavy (non-hydrogen) atoms. The summed E-state index contributed by atoms with van der Waals surface area (Å²) < 4.78 is 4.33. The van der Waals surface area contributed by atoms with Crippen LogP contribution in [-0.4, -0.2) is 23.2 Å². The highest BCUT2D eigenvalue weighted by Crippen LogP contribution is 2.24. The first-order valence-electron chi connectivity index (χ1n) is 4.64. The Balaban J connectivity index is 2.83. The maximum atomic E-state index is 10.9. The third-order valence-corrected chi connectivity index (χ3v) is 2.10. The zero-order chi connectivity index (χ0) is 13.7. The van der Waals surface area contributed by atoms with Crippen LogP contribution >= 0.6 is 12.2 Å². The molecule has 0 saturated carbocycles. The number of nitrogens with two attached hydrogens (primary N) is 1. The lowest BCUT2D eigenvalue weighted by atomic mass is 10.2. The topological polar surface area (TPSA) is 120 Å². The number of hydrogen-bond donors (Lipinski definition) is 3. The van der Waals surface area contributed by atoms with Crippen molar-refractivity contribution in [3.8, 4) is 0 Å². The van der Waals surface area contributed by atoms with Gasteiger partial charge in [0.1, 0.15) is 0 Å². The third-order valence-electron chi connectivity index (χ3n) is 1.90. The van der Waals surface area contributed by atoms with Gasteiger partial charge in [-0.05, 0) is 18.3 Å². The molecule has 1 rings (SSSR count). The summed E-state index contributed by atoms with van der Waals surface area (Å²) in [4.78, 5) is 20.9. The Labute approximate surface area is 107 Å². The number of ether oxygens (including phenoxy) is 1. The third kappa shape index (κ3) is 3.56. The van der Waals surface area contributed by atoms with Crippen LogP contribution < -0.4 is 16.4 Å². The van der Waals surface area contributed by atoms with E-state index in [1.165, 1.54) is 25.3 Å². The van der Waals surface area contributed by atoms with Crippen LogP contribution in [0.25, 0.3) is 0 Å². The van der Waals surface area contributed by atoms with E-state index in [1.54, 1.807) is 0 Å². The molecular formula is C9H10N4O4S. The number of nitro groups is 1. The van der Waals surface area contributed by atoms with Crippen molar-refractivity contribution in [2.24, 2.45) is 0 Å². The van der Waals surface area contributed by atoms with Gasteiger partial charge in [0.2, 0.25) is 0 Å². The Morgan fingerprint density at radius 2 is 2.22 bits per heavy atom. The van der Waals surface area contributed by atoms with E-state index >= 15 is 0 Å². The molecule has 0 heterocycles. The molecule has 1 aromatic rings. The van der Waals surface area contributed by atoms with Crippen molar-refractivity contribution in [2.75, 3.05) is 18.2 Å². The maximum Gasteiger partial charge on any atom is 0.413 e. The van der Waals surface area contributed by atoms with Crippen molar-refractivity contribution in [1.29, 1.82) is 0 Å². The van der Waals surface area contributed by atoms with Gasteiger partial charge in [0.05, 0.1) is 23.4 Å². The Kier molecular flexibility index (Phi) is 4.38. The van der Waals surface area contributed by atoms with Gasteiger partial charge >= 0.3 is 6.09 Å². The van der Waals surface area contributed by atoms with E-state index in [9.17, 15) is 14.9 Å². The van der Waals surface area contributed by atoms with Crippen molar-refractivity contribution >= 4 is 40.5 Å². The molecule has 1 aromatic carbocycles. The number of nitrogens with one attached hydrogen (secondary N) is 2. The number of amides is 1. The van der Waals surface area contributed by atoms with E-state index < -0.39 is 11.0 Å². The number of nitro benzene ring substituents is 1. The summed E-state index contributed by atoms with van der Waals surface area (Å²) >= 11 is 4.80. The SMILES string of the molecule is COC(=O)NC(=S)Nc1cc([N+](=O)[O-])ccc1N. The molecule has 96 valence electrons. The molecule has 0 aliphatic heterocycles. The van der Waals surface area contributed by atoms with Gasteiger partial charge in [0, 0.05) is 12.1 Å². The van der Waals surface area contributed by atoms with Crippen molar-refractivity contribution in [2.45, 2.75) is 0 Å². The Bertz CT molecular complexity index is 505. The minimum absolute atomic E-state index is 0.0750. The van der Waals surface area contributed by atoms with Crippen LogP contribution in [0.2, 0.25) is 0 Å². The summed E-state index contributed by atoms with van der Waals surface area (Å²) in [6.45, 7) is 0. The van der Waals surface area contributed by atoms with E-state index in [-0.39, 0.29) is 22.2 Å². The molecule has 0 saturated heterocycles. The number of alkyl carbamates (subject to hydrolysis) is 1. The number of anilines is 2. The first-order chi connectivity index (χ1) is 8.43. The molecule has 0 fully saturated rings. The fraction of sp³-hybridized carbons (Fsp3) is 0.111. The number of nitrogen functional groups attached to an aromatic ring is 1. The molecule has 0 aliphatic rings. The maximum absolute atomic E-state index is 10.9. The number of hydrogen-bond acceptors (Lipinski definition) is 6. The predicted molar refractivity (Wildman–Crippen MR) is 69.3 cm³/mol. The minimum atomic E-state index is -0.753. The second-order valence-electron chi connectivity index (χ2n) is 3.10. The molecule has 4 N–H and O–H groups in total. The van der Waals surface area contributed by atoms with Crippen LogP contribution in [0.3, 0.4) is 0 Å². The molecule has 0 aromatic heterocycles. The van der Waals surface area contributed by atoms with Crippen molar-refractivity contribution in [3.05, 3.63) is 28.3 Å². The van der Waals surface area contributed by atoms with Crippen LogP contribution in [0, 0.1) is 10.1 Å². The summed E-state index contributed by atoms with van der Waals surface area (Å²) in [6.07, 6.45) is -0.753. The fourth-order valence-electron chi connectivity index (χ4n) is 1.06. The quantitative estimate of drug-likeness (QED) is 0.320. The number of carbonyl (C=O) groups is 1.